The number of phenolic OH excluding ortho intramolecular Hbond substituents is 1. The molecule has 1 saturated heterocycles. The van der Waals surface area contributed by atoms with E-state index >= 15 is 0 Å². The summed E-state index contributed by atoms with van der Waals surface area (Å²) in [7, 11) is 5.61. The Kier molecular flexibility index (Phi) is 9.74. The number of likely N-dealkylation sites (N-methyl/N-ethyl adjacent to an activating group) is 2. The van der Waals surface area contributed by atoms with Gasteiger partial charge in [-0.3, -0.25) is 19.7 Å². The lowest BCUT2D eigenvalue weighted by molar-refractivity contribution is -0.132. The SMILES string of the molecule is CCCCCc1cccc(O)c1C1=N[C@@H]([C@H]2SC[C@@H]([C@@H](O)C(C)(C)C3=N[C@@](C)(C(=O)N(C)C)CS3)N2C)CS1. The fraction of sp³-hybridized carbons (Fsp3) is 0.690. The number of aliphatic hydroxyl groups excluding tert-OH is 1. The maximum atomic E-state index is 12.7. The van der Waals surface area contributed by atoms with Gasteiger partial charge >= 0.3 is 0 Å². The van der Waals surface area contributed by atoms with Gasteiger partial charge in [-0.2, -0.15) is 0 Å². The molecule has 5 atom stereocenters. The van der Waals surface area contributed by atoms with E-state index in [0.29, 0.717) is 11.5 Å². The number of aliphatic hydroxyl groups is 1. The van der Waals surface area contributed by atoms with Crippen LogP contribution in [-0.4, -0.2) is 104 Å². The standard InChI is InChI=1S/C29H44N4O3S3/c1-8-9-10-12-18-13-11-14-21(34)22(18)24-30-19(15-37-24)25-33(7)20(16-38-25)23(35)28(2,3)26-31-29(4,17-39-26)27(36)32(5)6/h11,13-14,19-20,23,25,34-35H,8-10,12,15-17H2,1-7H3/t19-,20+,23-,25-,29-/m1/s1. The van der Waals surface area contributed by atoms with E-state index < -0.39 is 17.1 Å². The molecule has 3 heterocycles. The summed E-state index contributed by atoms with van der Waals surface area (Å²) in [6.07, 6.45) is 3.77. The van der Waals surface area contributed by atoms with Gasteiger partial charge in [-0.15, -0.1) is 35.3 Å². The van der Waals surface area contributed by atoms with Crippen LogP contribution in [0.4, 0.5) is 0 Å². The number of rotatable bonds is 10. The van der Waals surface area contributed by atoms with Crippen LogP contribution in [0.2, 0.25) is 0 Å². The van der Waals surface area contributed by atoms with E-state index in [9.17, 15) is 15.0 Å². The van der Waals surface area contributed by atoms with Crippen LogP contribution in [0, 0.1) is 5.41 Å². The highest BCUT2D eigenvalue weighted by molar-refractivity contribution is 8.15. The van der Waals surface area contributed by atoms with Crippen LogP contribution in [0.25, 0.3) is 0 Å². The summed E-state index contributed by atoms with van der Waals surface area (Å²) in [5.74, 6) is 2.57. The molecule has 7 nitrogen and oxygen atoms in total. The Hall–Kier alpha value is -1.20. The van der Waals surface area contributed by atoms with Crippen molar-refractivity contribution < 1.29 is 15.0 Å². The topological polar surface area (TPSA) is 88.7 Å². The molecule has 2 N–H and O–H groups in total. The highest BCUT2D eigenvalue weighted by Crippen LogP contribution is 2.44. The van der Waals surface area contributed by atoms with E-state index in [1.807, 2.05) is 38.6 Å². The first-order chi connectivity index (χ1) is 18.4. The summed E-state index contributed by atoms with van der Waals surface area (Å²) < 4.78 is 0. The molecule has 39 heavy (non-hydrogen) atoms. The first kappa shape index (κ1) is 30.8. The number of nitrogens with zero attached hydrogens (tertiary/aromatic N) is 4. The fourth-order valence-corrected chi connectivity index (χ4v) is 9.87. The minimum Gasteiger partial charge on any atom is -0.507 e. The first-order valence-corrected chi connectivity index (χ1v) is 16.9. The zero-order valence-corrected chi connectivity index (χ0v) is 26.8. The Morgan fingerprint density at radius 2 is 2.00 bits per heavy atom. The lowest BCUT2D eigenvalue weighted by Crippen LogP contribution is -2.52. The van der Waals surface area contributed by atoms with Gasteiger partial charge in [0.25, 0.3) is 5.91 Å². The van der Waals surface area contributed by atoms with Gasteiger partial charge in [-0.25, -0.2) is 0 Å². The van der Waals surface area contributed by atoms with E-state index in [4.69, 9.17) is 9.98 Å². The third-order valence-electron chi connectivity index (χ3n) is 8.12. The Bertz CT molecular complexity index is 1120. The molecule has 1 aromatic rings. The maximum absolute atomic E-state index is 12.7. The monoisotopic (exact) mass is 592 g/mol. The second-order valence-corrected chi connectivity index (χ2v) is 15.0. The molecule has 0 aliphatic carbocycles. The molecule has 0 aromatic heterocycles. The third-order valence-corrected chi connectivity index (χ3v) is 12.3. The minimum absolute atomic E-state index is 0.00531. The maximum Gasteiger partial charge on any atom is 0.250 e. The number of aromatic hydroxyl groups is 1. The second-order valence-electron chi connectivity index (χ2n) is 11.9. The number of unbranched alkanes of at least 4 members (excludes halogenated alkanes) is 2. The molecule has 3 aliphatic heterocycles. The molecule has 4 rings (SSSR count). The number of aryl methyl sites for hydroxylation is 1. The Balaban J connectivity index is 1.48. The van der Waals surface area contributed by atoms with Crippen molar-refractivity contribution in [2.75, 3.05) is 38.4 Å². The van der Waals surface area contributed by atoms with Crippen molar-refractivity contribution in [3.63, 3.8) is 0 Å². The molecule has 0 saturated carbocycles. The van der Waals surface area contributed by atoms with Gasteiger partial charge in [-0.05, 0) is 38.4 Å². The summed E-state index contributed by atoms with van der Waals surface area (Å²) in [6.45, 7) is 8.18. The number of amides is 1. The van der Waals surface area contributed by atoms with Gasteiger partial charge in [-0.1, -0.05) is 45.7 Å². The van der Waals surface area contributed by atoms with Gasteiger partial charge < -0.3 is 15.1 Å². The molecule has 1 amide bonds. The summed E-state index contributed by atoms with van der Waals surface area (Å²) in [5.41, 5.74) is 0.707. The number of hydrogen-bond donors (Lipinski definition) is 2. The van der Waals surface area contributed by atoms with Crippen molar-refractivity contribution in [3.05, 3.63) is 29.3 Å². The summed E-state index contributed by atoms with van der Waals surface area (Å²) in [5, 5.41) is 24.3. The van der Waals surface area contributed by atoms with Gasteiger partial charge in [0.15, 0.2) is 0 Å². The molecule has 0 radical (unpaired) electrons. The largest absolute Gasteiger partial charge is 0.507 e. The Morgan fingerprint density at radius 1 is 1.26 bits per heavy atom. The molecule has 1 fully saturated rings. The minimum atomic E-state index is -0.788. The van der Waals surface area contributed by atoms with Crippen molar-refractivity contribution in [1.29, 1.82) is 0 Å². The van der Waals surface area contributed by atoms with E-state index in [1.54, 1.807) is 48.6 Å². The Morgan fingerprint density at radius 3 is 2.69 bits per heavy atom. The molecule has 0 bridgehead atoms. The first-order valence-electron chi connectivity index (χ1n) is 13.9. The van der Waals surface area contributed by atoms with Crippen LogP contribution in [0.5, 0.6) is 5.75 Å². The van der Waals surface area contributed by atoms with Crippen molar-refractivity contribution >= 4 is 51.3 Å². The Labute approximate surface area is 246 Å². The zero-order valence-electron chi connectivity index (χ0n) is 24.3. The molecule has 1 aromatic carbocycles. The quantitative estimate of drug-likeness (QED) is 0.380. The molecular weight excluding hydrogens is 549 g/mol. The molecular formula is C29H44N4O3S3. The summed E-state index contributed by atoms with van der Waals surface area (Å²) in [4.78, 5) is 26.6. The van der Waals surface area contributed by atoms with Gasteiger partial charge in [0.1, 0.15) is 16.3 Å². The normalized spacial score (nSPS) is 28.5. The molecule has 3 aliphatic rings. The highest BCUT2D eigenvalue weighted by Gasteiger charge is 2.50. The average molecular weight is 593 g/mol. The second kappa shape index (κ2) is 12.3. The average Bonchev–Trinajstić information content (AvgIpc) is 3.62. The number of carbonyl (C=O) groups excluding carboxylic acids is 1. The van der Waals surface area contributed by atoms with Crippen molar-refractivity contribution in [3.8, 4) is 5.75 Å². The van der Waals surface area contributed by atoms with Crippen LogP contribution in [0.3, 0.4) is 0 Å². The summed E-state index contributed by atoms with van der Waals surface area (Å²) >= 11 is 5.17. The fourth-order valence-electron chi connectivity index (χ4n) is 5.62. The van der Waals surface area contributed by atoms with Gasteiger partial charge in [0.05, 0.1) is 28.1 Å². The van der Waals surface area contributed by atoms with E-state index in [1.165, 1.54) is 18.4 Å². The van der Waals surface area contributed by atoms with Crippen LogP contribution >= 0.6 is 35.3 Å². The number of aliphatic imine (C=N–C) groups is 2. The van der Waals surface area contributed by atoms with Crippen molar-refractivity contribution in [2.24, 2.45) is 15.4 Å². The highest BCUT2D eigenvalue weighted by atomic mass is 32.2. The molecule has 10 heteroatoms. The zero-order chi connectivity index (χ0) is 28.5. The number of phenols is 1. The van der Waals surface area contributed by atoms with Gasteiger partial charge in [0.2, 0.25) is 0 Å². The predicted molar refractivity (Wildman–Crippen MR) is 169 cm³/mol. The molecule has 216 valence electrons. The van der Waals surface area contributed by atoms with Crippen LogP contribution in [0.15, 0.2) is 28.2 Å². The predicted octanol–water partition coefficient (Wildman–Crippen LogP) is 4.74. The molecule has 0 unspecified atom stereocenters. The third kappa shape index (κ3) is 6.20. The van der Waals surface area contributed by atoms with E-state index in [0.717, 1.165) is 40.0 Å². The lowest BCUT2D eigenvalue weighted by Gasteiger charge is -2.38. The number of carbonyl (C=O) groups is 1. The van der Waals surface area contributed by atoms with Crippen LogP contribution in [-0.2, 0) is 11.2 Å². The van der Waals surface area contributed by atoms with Crippen molar-refractivity contribution in [1.82, 2.24) is 9.80 Å². The lowest BCUT2D eigenvalue weighted by atomic mass is 9.83. The number of benzene rings is 1. The van der Waals surface area contributed by atoms with Crippen molar-refractivity contribution in [2.45, 2.75) is 82.5 Å². The summed E-state index contributed by atoms with van der Waals surface area (Å²) in [6, 6.07) is 5.85. The number of thioether (sulfide) groups is 3. The molecule has 0 spiro atoms. The number of hydrogen-bond acceptors (Lipinski definition) is 9. The van der Waals surface area contributed by atoms with E-state index in [-0.39, 0.29) is 23.4 Å². The van der Waals surface area contributed by atoms with Crippen LogP contribution in [0.1, 0.15) is 58.1 Å². The smallest absolute Gasteiger partial charge is 0.250 e. The van der Waals surface area contributed by atoms with Crippen LogP contribution < -0.4 is 0 Å². The van der Waals surface area contributed by atoms with E-state index in [2.05, 4.69) is 24.9 Å². The van der Waals surface area contributed by atoms with Gasteiger partial charge in [0, 0.05) is 42.8 Å².